The molecule has 0 fully saturated rings. The van der Waals surface area contributed by atoms with E-state index in [0.717, 1.165) is 22.4 Å². The number of nitriles is 1. The molecule has 0 aliphatic rings. The average molecular weight is 236 g/mol. The van der Waals surface area contributed by atoms with Crippen molar-refractivity contribution in [3.63, 3.8) is 0 Å². The Morgan fingerprint density at radius 3 is 2.22 bits per heavy atom. The summed E-state index contributed by atoms with van der Waals surface area (Å²) in [5.74, 6) is 0. The van der Waals surface area contributed by atoms with Crippen LogP contribution >= 0.6 is 0 Å². The molecule has 0 amide bonds. The van der Waals surface area contributed by atoms with Gasteiger partial charge >= 0.3 is 0 Å². The summed E-state index contributed by atoms with van der Waals surface area (Å²) in [7, 11) is 4.03. The van der Waals surface area contributed by atoms with Gasteiger partial charge in [-0.15, -0.1) is 0 Å². The highest BCUT2D eigenvalue weighted by Gasteiger charge is 2.05. The number of aryl methyl sites for hydroxylation is 1. The number of nitrogens with zero attached hydrogens (tertiary/aromatic N) is 2. The van der Waals surface area contributed by atoms with Crippen LogP contribution in [0.2, 0.25) is 0 Å². The topological polar surface area (TPSA) is 27.0 Å². The molecule has 90 valence electrons. The molecule has 0 heterocycles. The van der Waals surface area contributed by atoms with Crippen LogP contribution in [0.25, 0.3) is 11.1 Å². The molecule has 0 bridgehead atoms. The molecular weight excluding hydrogens is 220 g/mol. The minimum Gasteiger partial charge on any atom is -0.378 e. The normalized spacial score (nSPS) is 9.89. The molecule has 18 heavy (non-hydrogen) atoms. The third-order valence-electron chi connectivity index (χ3n) is 2.99. The summed E-state index contributed by atoms with van der Waals surface area (Å²) in [5, 5.41) is 9.16. The van der Waals surface area contributed by atoms with E-state index in [-0.39, 0.29) is 0 Å². The molecule has 2 rings (SSSR count). The molecule has 0 saturated heterocycles. The van der Waals surface area contributed by atoms with Crippen molar-refractivity contribution in [1.29, 1.82) is 5.26 Å². The summed E-state index contributed by atoms with van der Waals surface area (Å²) in [6.45, 7) is 2.04. The van der Waals surface area contributed by atoms with Crippen LogP contribution in [0.5, 0.6) is 0 Å². The van der Waals surface area contributed by atoms with Gasteiger partial charge in [0.15, 0.2) is 0 Å². The maximum atomic E-state index is 9.16. The number of anilines is 1. The second-order valence-corrected chi connectivity index (χ2v) is 4.60. The fourth-order valence-electron chi connectivity index (χ4n) is 1.93. The first-order chi connectivity index (χ1) is 8.61. The Morgan fingerprint density at radius 1 is 1.00 bits per heavy atom. The Morgan fingerprint density at radius 2 is 1.67 bits per heavy atom. The summed E-state index contributed by atoms with van der Waals surface area (Å²) in [4.78, 5) is 2.06. The maximum Gasteiger partial charge on any atom is 0.0998 e. The van der Waals surface area contributed by atoms with Crippen LogP contribution in [0.4, 0.5) is 5.69 Å². The number of rotatable bonds is 2. The third kappa shape index (κ3) is 2.36. The van der Waals surface area contributed by atoms with E-state index < -0.39 is 0 Å². The fraction of sp³-hybridized carbons (Fsp3) is 0.188. The van der Waals surface area contributed by atoms with Crippen molar-refractivity contribution < 1.29 is 0 Å². The number of benzene rings is 2. The minimum absolute atomic E-state index is 0.721. The molecule has 0 radical (unpaired) electrons. The van der Waals surface area contributed by atoms with Gasteiger partial charge < -0.3 is 4.90 Å². The summed E-state index contributed by atoms with van der Waals surface area (Å²) in [6.07, 6.45) is 0. The van der Waals surface area contributed by atoms with E-state index in [2.05, 4.69) is 41.3 Å². The van der Waals surface area contributed by atoms with Gasteiger partial charge in [0.05, 0.1) is 11.6 Å². The minimum atomic E-state index is 0.721. The predicted octanol–water partition coefficient (Wildman–Crippen LogP) is 3.60. The molecule has 0 N–H and O–H groups in total. The molecule has 2 heteroatoms. The van der Waals surface area contributed by atoms with Crippen LogP contribution in [0.3, 0.4) is 0 Å². The van der Waals surface area contributed by atoms with Crippen molar-refractivity contribution in [2.24, 2.45) is 0 Å². The molecular formula is C16H16N2. The first-order valence-electron chi connectivity index (χ1n) is 5.90. The van der Waals surface area contributed by atoms with Crippen molar-refractivity contribution in [3.8, 4) is 17.2 Å². The Labute approximate surface area is 108 Å². The SMILES string of the molecule is Cc1ccc(C#N)c(-c2ccc(N(C)C)cc2)c1. The molecule has 2 aromatic carbocycles. The zero-order chi connectivity index (χ0) is 13.1. The summed E-state index contributed by atoms with van der Waals surface area (Å²) in [6, 6.07) is 16.4. The van der Waals surface area contributed by atoms with Gasteiger partial charge in [-0.25, -0.2) is 0 Å². The second-order valence-electron chi connectivity index (χ2n) is 4.60. The van der Waals surface area contributed by atoms with Crippen molar-refractivity contribution in [2.75, 3.05) is 19.0 Å². The fourth-order valence-corrected chi connectivity index (χ4v) is 1.93. The lowest BCUT2D eigenvalue weighted by atomic mass is 9.98. The molecule has 0 aliphatic carbocycles. The molecule has 0 unspecified atom stereocenters. The molecule has 0 saturated carbocycles. The van der Waals surface area contributed by atoms with Crippen molar-refractivity contribution in [2.45, 2.75) is 6.92 Å². The quantitative estimate of drug-likeness (QED) is 0.796. The molecule has 0 spiro atoms. The van der Waals surface area contributed by atoms with Gasteiger partial charge in [0.1, 0.15) is 0 Å². The van der Waals surface area contributed by atoms with Gasteiger partial charge in [0, 0.05) is 19.8 Å². The van der Waals surface area contributed by atoms with E-state index >= 15 is 0 Å². The largest absolute Gasteiger partial charge is 0.378 e. The van der Waals surface area contributed by atoms with Gasteiger partial charge in [0.25, 0.3) is 0 Å². The number of hydrogen-bond acceptors (Lipinski definition) is 2. The van der Waals surface area contributed by atoms with Gasteiger partial charge in [0.2, 0.25) is 0 Å². The van der Waals surface area contributed by atoms with Gasteiger partial charge in [-0.1, -0.05) is 29.8 Å². The number of hydrogen-bond donors (Lipinski definition) is 0. The Bertz CT molecular complexity index is 589. The molecule has 2 nitrogen and oxygen atoms in total. The average Bonchev–Trinajstić information content (AvgIpc) is 2.39. The first-order valence-corrected chi connectivity index (χ1v) is 5.90. The summed E-state index contributed by atoms with van der Waals surface area (Å²) in [5.41, 5.74) is 5.13. The zero-order valence-electron chi connectivity index (χ0n) is 10.9. The zero-order valence-corrected chi connectivity index (χ0v) is 10.9. The predicted molar refractivity (Wildman–Crippen MR) is 75.7 cm³/mol. The van der Waals surface area contributed by atoms with Crippen molar-refractivity contribution in [3.05, 3.63) is 53.6 Å². The van der Waals surface area contributed by atoms with Gasteiger partial charge in [-0.2, -0.15) is 5.26 Å². The Kier molecular flexibility index (Phi) is 3.34. The Hall–Kier alpha value is -2.27. The van der Waals surface area contributed by atoms with Crippen LogP contribution in [0.1, 0.15) is 11.1 Å². The van der Waals surface area contributed by atoms with E-state index in [4.69, 9.17) is 5.26 Å². The highest BCUT2D eigenvalue weighted by molar-refractivity contribution is 5.72. The highest BCUT2D eigenvalue weighted by atomic mass is 15.1. The molecule has 0 aromatic heterocycles. The molecule has 0 aliphatic heterocycles. The van der Waals surface area contributed by atoms with Crippen LogP contribution in [-0.2, 0) is 0 Å². The smallest absolute Gasteiger partial charge is 0.0998 e. The highest BCUT2D eigenvalue weighted by Crippen LogP contribution is 2.26. The van der Waals surface area contributed by atoms with Crippen LogP contribution < -0.4 is 4.90 Å². The lowest BCUT2D eigenvalue weighted by Gasteiger charge is -2.13. The van der Waals surface area contributed by atoms with Crippen molar-refractivity contribution in [1.82, 2.24) is 0 Å². The lowest BCUT2D eigenvalue weighted by Crippen LogP contribution is -2.07. The summed E-state index contributed by atoms with van der Waals surface area (Å²) >= 11 is 0. The van der Waals surface area contributed by atoms with Crippen molar-refractivity contribution >= 4 is 5.69 Å². The standard InChI is InChI=1S/C16H16N2/c1-12-4-5-14(11-17)16(10-12)13-6-8-15(9-7-13)18(2)3/h4-10H,1-3H3. The van der Waals surface area contributed by atoms with E-state index in [9.17, 15) is 0 Å². The molecule has 0 atom stereocenters. The van der Waals surface area contributed by atoms with Crippen LogP contribution in [-0.4, -0.2) is 14.1 Å². The molecule has 2 aromatic rings. The van der Waals surface area contributed by atoms with Crippen LogP contribution in [0.15, 0.2) is 42.5 Å². The first kappa shape index (κ1) is 12.2. The van der Waals surface area contributed by atoms with E-state index in [1.54, 1.807) is 0 Å². The summed E-state index contributed by atoms with van der Waals surface area (Å²) < 4.78 is 0. The van der Waals surface area contributed by atoms with Gasteiger partial charge in [-0.05, 0) is 36.2 Å². The third-order valence-corrected chi connectivity index (χ3v) is 2.99. The van der Waals surface area contributed by atoms with Gasteiger partial charge in [-0.3, -0.25) is 0 Å². The maximum absolute atomic E-state index is 9.16. The van der Waals surface area contributed by atoms with E-state index in [1.165, 1.54) is 5.56 Å². The lowest BCUT2D eigenvalue weighted by molar-refractivity contribution is 1.13. The van der Waals surface area contributed by atoms with E-state index in [0.29, 0.717) is 0 Å². The van der Waals surface area contributed by atoms with Crippen LogP contribution in [0, 0.1) is 18.3 Å². The van der Waals surface area contributed by atoms with E-state index in [1.807, 2.05) is 33.2 Å². The Balaban J connectivity index is 2.49. The monoisotopic (exact) mass is 236 g/mol. The second kappa shape index (κ2) is 4.93.